The maximum absolute atomic E-state index is 5.22. The van der Waals surface area contributed by atoms with Gasteiger partial charge in [-0.05, 0) is 37.5 Å². The fourth-order valence-corrected chi connectivity index (χ4v) is 2.83. The summed E-state index contributed by atoms with van der Waals surface area (Å²) in [7, 11) is 1.68. The van der Waals surface area contributed by atoms with Crippen molar-refractivity contribution in [1.82, 2.24) is 9.97 Å². The van der Waals surface area contributed by atoms with Crippen LogP contribution in [0.25, 0.3) is 11.1 Å². The molecule has 0 radical (unpaired) electrons. The number of benzene rings is 1. The molecule has 0 saturated heterocycles. The van der Waals surface area contributed by atoms with Crippen LogP contribution in [0.4, 0.5) is 5.82 Å². The molecule has 0 amide bonds. The lowest BCUT2D eigenvalue weighted by Crippen LogP contribution is -2.16. The summed E-state index contributed by atoms with van der Waals surface area (Å²) in [5.74, 6) is 2.60. The second-order valence-electron chi connectivity index (χ2n) is 5.53. The average molecular weight is 283 g/mol. The van der Waals surface area contributed by atoms with Crippen LogP contribution in [-0.4, -0.2) is 23.1 Å². The Kier molecular flexibility index (Phi) is 4.04. The molecular weight excluding hydrogens is 262 g/mol. The van der Waals surface area contributed by atoms with Gasteiger partial charge in [-0.15, -0.1) is 0 Å². The Balaban J connectivity index is 1.92. The van der Waals surface area contributed by atoms with E-state index in [0.29, 0.717) is 6.04 Å². The molecule has 1 aromatic heterocycles. The van der Waals surface area contributed by atoms with Crippen molar-refractivity contribution in [2.24, 2.45) is 0 Å². The number of methoxy groups -OCH3 is 1. The van der Waals surface area contributed by atoms with E-state index < -0.39 is 0 Å². The first-order chi connectivity index (χ1) is 10.3. The van der Waals surface area contributed by atoms with Crippen LogP contribution in [0.1, 0.15) is 31.5 Å². The first-order valence-electron chi connectivity index (χ1n) is 7.51. The highest BCUT2D eigenvalue weighted by molar-refractivity contribution is 5.75. The maximum atomic E-state index is 5.22. The molecule has 0 aliphatic heterocycles. The molecule has 21 heavy (non-hydrogen) atoms. The van der Waals surface area contributed by atoms with Gasteiger partial charge in [-0.25, -0.2) is 9.97 Å². The predicted molar refractivity (Wildman–Crippen MR) is 84.6 cm³/mol. The predicted octanol–water partition coefficient (Wildman–Crippen LogP) is 3.82. The molecular formula is C17H21N3O. The quantitative estimate of drug-likeness (QED) is 0.926. The van der Waals surface area contributed by atoms with Gasteiger partial charge in [-0.3, -0.25) is 0 Å². The molecule has 0 atom stereocenters. The van der Waals surface area contributed by atoms with Gasteiger partial charge in [0, 0.05) is 17.8 Å². The van der Waals surface area contributed by atoms with Crippen molar-refractivity contribution >= 4 is 5.82 Å². The summed E-state index contributed by atoms with van der Waals surface area (Å²) in [5, 5.41) is 3.60. The van der Waals surface area contributed by atoms with E-state index in [-0.39, 0.29) is 0 Å². The number of aryl methyl sites for hydroxylation is 1. The molecule has 1 aromatic carbocycles. The molecule has 1 N–H and O–H groups in total. The zero-order valence-corrected chi connectivity index (χ0v) is 12.6. The van der Waals surface area contributed by atoms with Crippen LogP contribution >= 0.6 is 0 Å². The standard InChI is InChI=1S/C17H21N3O/c1-12-18-11-16(13-7-9-15(21-2)10-8-13)17(19-12)20-14-5-3-4-6-14/h7-11,14H,3-6H2,1-2H3,(H,18,19,20). The van der Waals surface area contributed by atoms with Gasteiger partial charge in [0.2, 0.25) is 0 Å². The van der Waals surface area contributed by atoms with Gasteiger partial charge in [0.05, 0.1) is 7.11 Å². The SMILES string of the molecule is COc1ccc(-c2cnc(C)nc2NC2CCCC2)cc1. The van der Waals surface area contributed by atoms with Gasteiger partial charge in [0.1, 0.15) is 17.4 Å². The number of rotatable bonds is 4. The fraction of sp³-hybridized carbons (Fsp3) is 0.412. The summed E-state index contributed by atoms with van der Waals surface area (Å²) in [6.45, 7) is 1.93. The number of anilines is 1. The highest BCUT2D eigenvalue weighted by Gasteiger charge is 2.17. The molecule has 0 unspecified atom stereocenters. The summed E-state index contributed by atoms with van der Waals surface area (Å²) in [6.07, 6.45) is 6.97. The lowest BCUT2D eigenvalue weighted by atomic mass is 10.1. The van der Waals surface area contributed by atoms with E-state index in [9.17, 15) is 0 Å². The monoisotopic (exact) mass is 283 g/mol. The van der Waals surface area contributed by atoms with Crippen LogP contribution in [0, 0.1) is 6.92 Å². The molecule has 0 spiro atoms. The van der Waals surface area contributed by atoms with Gasteiger partial charge in [0.25, 0.3) is 0 Å². The summed E-state index contributed by atoms with van der Waals surface area (Å²) >= 11 is 0. The molecule has 1 saturated carbocycles. The third kappa shape index (κ3) is 3.15. The van der Waals surface area contributed by atoms with E-state index in [2.05, 4.69) is 15.3 Å². The van der Waals surface area contributed by atoms with Crippen molar-refractivity contribution < 1.29 is 4.74 Å². The third-order valence-corrected chi connectivity index (χ3v) is 4.01. The van der Waals surface area contributed by atoms with E-state index in [1.54, 1.807) is 7.11 Å². The number of aromatic nitrogens is 2. The van der Waals surface area contributed by atoms with Crippen LogP contribution in [0.5, 0.6) is 5.75 Å². The van der Waals surface area contributed by atoms with Gasteiger partial charge < -0.3 is 10.1 Å². The molecule has 4 nitrogen and oxygen atoms in total. The number of hydrogen-bond donors (Lipinski definition) is 1. The zero-order valence-electron chi connectivity index (χ0n) is 12.6. The third-order valence-electron chi connectivity index (χ3n) is 4.01. The van der Waals surface area contributed by atoms with E-state index in [1.165, 1.54) is 25.7 Å². The molecule has 0 bridgehead atoms. The summed E-state index contributed by atoms with van der Waals surface area (Å²) in [5.41, 5.74) is 2.16. The number of hydrogen-bond acceptors (Lipinski definition) is 4. The smallest absolute Gasteiger partial charge is 0.137 e. The first kappa shape index (κ1) is 13.9. The number of nitrogens with zero attached hydrogens (tertiary/aromatic N) is 2. The average Bonchev–Trinajstić information content (AvgIpc) is 3.01. The second kappa shape index (κ2) is 6.12. The van der Waals surface area contributed by atoms with Crippen molar-refractivity contribution in [3.05, 3.63) is 36.3 Å². The molecule has 2 aromatic rings. The number of nitrogens with one attached hydrogen (secondary N) is 1. The van der Waals surface area contributed by atoms with E-state index in [0.717, 1.165) is 28.5 Å². The lowest BCUT2D eigenvalue weighted by Gasteiger charge is -2.16. The van der Waals surface area contributed by atoms with Crippen LogP contribution in [0.3, 0.4) is 0 Å². The molecule has 4 heteroatoms. The second-order valence-corrected chi connectivity index (χ2v) is 5.53. The molecule has 1 aliphatic rings. The molecule has 1 aliphatic carbocycles. The van der Waals surface area contributed by atoms with E-state index in [4.69, 9.17) is 4.74 Å². The van der Waals surface area contributed by atoms with Crippen molar-refractivity contribution in [3.63, 3.8) is 0 Å². The zero-order chi connectivity index (χ0) is 14.7. The Morgan fingerprint density at radius 1 is 1.14 bits per heavy atom. The minimum atomic E-state index is 0.538. The van der Waals surface area contributed by atoms with E-state index in [1.807, 2.05) is 37.4 Å². The molecule has 110 valence electrons. The Labute approximate surface area is 125 Å². The molecule has 3 rings (SSSR count). The Bertz CT molecular complexity index is 604. The Morgan fingerprint density at radius 3 is 2.52 bits per heavy atom. The van der Waals surface area contributed by atoms with Gasteiger partial charge in [0.15, 0.2) is 0 Å². The van der Waals surface area contributed by atoms with Crippen molar-refractivity contribution in [2.45, 2.75) is 38.6 Å². The van der Waals surface area contributed by atoms with Crippen molar-refractivity contribution in [2.75, 3.05) is 12.4 Å². The lowest BCUT2D eigenvalue weighted by molar-refractivity contribution is 0.415. The highest BCUT2D eigenvalue weighted by Crippen LogP contribution is 2.30. The first-order valence-corrected chi connectivity index (χ1v) is 7.51. The van der Waals surface area contributed by atoms with Gasteiger partial charge in [-0.1, -0.05) is 25.0 Å². The fourth-order valence-electron chi connectivity index (χ4n) is 2.83. The van der Waals surface area contributed by atoms with Gasteiger partial charge >= 0.3 is 0 Å². The van der Waals surface area contributed by atoms with E-state index >= 15 is 0 Å². The molecule has 1 fully saturated rings. The minimum absolute atomic E-state index is 0.538. The summed E-state index contributed by atoms with van der Waals surface area (Å²) in [6, 6.07) is 8.57. The van der Waals surface area contributed by atoms with Crippen LogP contribution in [0.15, 0.2) is 30.5 Å². The maximum Gasteiger partial charge on any atom is 0.137 e. The Hall–Kier alpha value is -2.10. The Morgan fingerprint density at radius 2 is 1.86 bits per heavy atom. The summed E-state index contributed by atoms with van der Waals surface area (Å²) in [4.78, 5) is 8.95. The van der Waals surface area contributed by atoms with Gasteiger partial charge in [-0.2, -0.15) is 0 Å². The molecule has 1 heterocycles. The summed E-state index contributed by atoms with van der Waals surface area (Å²) < 4.78 is 5.22. The largest absolute Gasteiger partial charge is 0.497 e. The minimum Gasteiger partial charge on any atom is -0.497 e. The van der Waals surface area contributed by atoms with Crippen LogP contribution in [-0.2, 0) is 0 Å². The normalized spacial score (nSPS) is 15.1. The van der Waals surface area contributed by atoms with Crippen LogP contribution in [0.2, 0.25) is 0 Å². The van der Waals surface area contributed by atoms with Crippen molar-refractivity contribution in [1.29, 1.82) is 0 Å². The van der Waals surface area contributed by atoms with Crippen LogP contribution < -0.4 is 10.1 Å². The highest BCUT2D eigenvalue weighted by atomic mass is 16.5. The topological polar surface area (TPSA) is 47.0 Å². The number of ether oxygens (including phenoxy) is 1. The van der Waals surface area contributed by atoms with Crippen molar-refractivity contribution in [3.8, 4) is 16.9 Å².